The minimum atomic E-state index is -4.19. The fourth-order valence-corrected chi connectivity index (χ4v) is 5.15. The normalized spacial score (nSPS) is 21.2. The Bertz CT molecular complexity index is 892. The Kier molecular flexibility index (Phi) is 6.41. The molecule has 0 amide bonds. The minimum absolute atomic E-state index is 0.148. The van der Waals surface area contributed by atoms with Crippen molar-refractivity contribution in [3.63, 3.8) is 0 Å². The van der Waals surface area contributed by atoms with Crippen LogP contribution in [0.1, 0.15) is 60.1 Å². The van der Waals surface area contributed by atoms with Gasteiger partial charge in [-0.2, -0.15) is 23.4 Å². The zero-order valence-electron chi connectivity index (χ0n) is 18.3. The molecule has 0 saturated carbocycles. The summed E-state index contributed by atoms with van der Waals surface area (Å²) < 4.78 is 43.8. The molecule has 10 heteroatoms. The molecule has 0 saturated heterocycles. The number of aryl methyl sites for hydroxylation is 1. The molecule has 2 aromatic heterocycles. The van der Waals surface area contributed by atoms with Gasteiger partial charge in [0.15, 0.2) is 0 Å². The second-order valence-corrected chi connectivity index (χ2v) is 8.94. The molecule has 2 unspecified atom stereocenters. The molecule has 0 spiro atoms. The zero-order valence-corrected chi connectivity index (χ0v) is 18.3. The van der Waals surface area contributed by atoms with E-state index < -0.39 is 12.7 Å². The van der Waals surface area contributed by atoms with E-state index in [9.17, 15) is 13.2 Å². The summed E-state index contributed by atoms with van der Waals surface area (Å²) in [5, 5.41) is 15.2. The van der Waals surface area contributed by atoms with Gasteiger partial charge < -0.3 is 4.74 Å². The number of methoxy groups -OCH3 is 1. The number of fused-ring (bicyclic) bond motifs is 2. The lowest BCUT2D eigenvalue weighted by molar-refractivity contribution is -0.147. The van der Waals surface area contributed by atoms with Gasteiger partial charge >= 0.3 is 6.18 Å². The monoisotopic (exact) mass is 440 g/mol. The van der Waals surface area contributed by atoms with Crippen LogP contribution in [-0.2, 0) is 37.2 Å². The molecule has 4 rings (SSSR count). The number of nitrogens with one attached hydrogen (secondary N) is 2. The Labute approximate surface area is 180 Å². The standard InChI is InChI=1S/C21H31F3N6O/c1-4-17-15-8-30(12-31-3)7-14(6-18(15)26-25-17)5-13(2)20-16-9-29(11-21(22,23)24)10-19(16)27-28-20/h13-14H,4-12H2,1-3H3,(H,25,26)(H,27,28). The molecule has 0 aromatic carbocycles. The fraction of sp³-hybridized carbons (Fsp3) is 0.714. The van der Waals surface area contributed by atoms with Crippen LogP contribution in [0, 0.1) is 5.92 Å². The number of alkyl halides is 3. The third kappa shape index (κ3) is 4.96. The second kappa shape index (κ2) is 8.91. The van der Waals surface area contributed by atoms with Crippen molar-refractivity contribution in [1.29, 1.82) is 0 Å². The molecule has 0 fully saturated rings. The molecule has 4 heterocycles. The summed E-state index contributed by atoms with van der Waals surface area (Å²) >= 11 is 0. The number of ether oxygens (including phenoxy) is 1. The van der Waals surface area contributed by atoms with Crippen LogP contribution < -0.4 is 0 Å². The molecule has 2 atom stereocenters. The number of hydrogen-bond acceptors (Lipinski definition) is 5. The maximum absolute atomic E-state index is 12.8. The third-order valence-electron chi connectivity index (χ3n) is 6.38. The summed E-state index contributed by atoms with van der Waals surface area (Å²) in [4.78, 5) is 3.73. The topological polar surface area (TPSA) is 73.1 Å². The van der Waals surface area contributed by atoms with Gasteiger partial charge in [-0.3, -0.25) is 20.0 Å². The summed E-state index contributed by atoms with van der Waals surface area (Å²) in [7, 11) is 1.71. The average molecular weight is 441 g/mol. The summed E-state index contributed by atoms with van der Waals surface area (Å²) in [6.45, 7) is 6.20. The molecule has 2 N–H and O–H groups in total. The molecule has 2 aliphatic heterocycles. The van der Waals surface area contributed by atoms with Gasteiger partial charge in [-0.25, -0.2) is 0 Å². The molecule has 0 aliphatic carbocycles. The van der Waals surface area contributed by atoms with Crippen molar-refractivity contribution < 1.29 is 17.9 Å². The number of rotatable bonds is 7. The predicted octanol–water partition coefficient (Wildman–Crippen LogP) is 3.35. The summed E-state index contributed by atoms with van der Waals surface area (Å²) in [6.07, 6.45) is -1.50. The minimum Gasteiger partial charge on any atom is -0.369 e. The van der Waals surface area contributed by atoms with Crippen LogP contribution in [0.25, 0.3) is 0 Å². The van der Waals surface area contributed by atoms with E-state index in [-0.39, 0.29) is 12.5 Å². The molecule has 7 nitrogen and oxygen atoms in total. The number of nitrogens with zero attached hydrogens (tertiary/aromatic N) is 4. The first-order chi connectivity index (χ1) is 14.8. The van der Waals surface area contributed by atoms with Crippen LogP contribution in [0.15, 0.2) is 0 Å². The van der Waals surface area contributed by atoms with Crippen molar-refractivity contribution >= 4 is 0 Å². The third-order valence-corrected chi connectivity index (χ3v) is 6.38. The van der Waals surface area contributed by atoms with Crippen molar-refractivity contribution in [1.82, 2.24) is 30.2 Å². The van der Waals surface area contributed by atoms with E-state index in [1.165, 1.54) is 16.2 Å². The summed E-state index contributed by atoms with van der Waals surface area (Å²) in [5.41, 5.74) is 6.24. The Hall–Kier alpha value is -1.91. The summed E-state index contributed by atoms with van der Waals surface area (Å²) in [5.74, 6) is 0.520. The molecule has 2 aromatic rings. The molecule has 2 aliphatic rings. The van der Waals surface area contributed by atoms with Gasteiger partial charge in [0, 0.05) is 56.0 Å². The van der Waals surface area contributed by atoms with Gasteiger partial charge in [-0.05, 0) is 25.2 Å². The van der Waals surface area contributed by atoms with E-state index in [4.69, 9.17) is 4.74 Å². The number of aromatic amines is 2. The first kappa shape index (κ1) is 22.3. The predicted molar refractivity (Wildman–Crippen MR) is 109 cm³/mol. The fourth-order valence-electron chi connectivity index (χ4n) is 5.15. The number of hydrogen-bond donors (Lipinski definition) is 2. The molecule has 0 bridgehead atoms. The maximum atomic E-state index is 12.8. The van der Waals surface area contributed by atoms with Crippen LogP contribution >= 0.6 is 0 Å². The lowest BCUT2D eigenvalue weighted by Crippen LogP contribution is -2.31. The van der Waals surface area contributed by atoms with E-state index in [1.807, 2.05) is 0 Å². The first-order valence-corrected chi connectivity index (χ1v) is 10.9. The molecular weight excluding hydrogens is 409 g/mol. The highest BCUT2D eigenvalue weighted by molar-refractivity contribution is 5.31. The second-order valence-electron chi connectivity index (χ2n) is 8.94. The van der Waals surface area contributed by atoms with E-state index in [1.54, 1.807) is 7.11 Å². The van der Waals surface area contributed by atoms with Crippen molar-refractivity contribution in [3.8, 4) is 0 Å². The highest BCUT2D eigenvalue weighted by atomic mass is 19.4. The number of H-pyrrole nitrogens is 2. The quantitative estimate of drug-likeness (QED) is 0.691. The maximum Gasteiger partial charge on any atom is 0.401 e. The summed E-state index contributed by atoms with van der Waals surface area (Å²) in [6, 6.07) is 0. The van der Waals surface area contributed by atoms with Crippen molar-refractivity contribution in [2.24, 2.45) is 5.92 Å². The first-order valence-electron chi connectivity index (χ1n) is 10.9. The molecule has 31 heavy (non-hydrogen) atoms. The van der Waals surface area contributed by atoms with Gasteiger partial charge in [0.2, 0.25) is 0 Å². The van der Waals surface area contributed by atoms with Gasteiger partial charge in [0.1, 0.15) is 0 Å². The Morgan fingerprint density at radius 1 is 1.10 bits per heavy atom. The van der Waals surface area contributed by atoms with E-state index in [0.29, 0.717) is 19.2 Å². The number of halogens is 3. The van der Waals surface area contributed by atoms with Crippen LogP contribution in [0.2, 0.25) is 0 Å². The van der Waals surface area contributed by atoms with Crippen LogP contribution in [0.3, 0.4) is 0 Å². The molecule has 0 radical (unpaired) electrons. The van der Waals surface area contributed by atoms with Gasteiger partial charge in [-0.15, -0.1) is 0 Å². The van der Waals surface area contributed by atoms with Gasteiger partial charge in [0.05, 0.1) is 30.4 Å². The Balaban J connectivity index is 1.47. The molecule has 172 valence electrons. The van der Waals surface area contributed by atoms with Crippen molar-refractivity contribution in [2.75, 3.05) is 26.9 Å². The highest BCUT2D eigenvalue weighted by Gasteiger charge is 2.36. The highest BCUT2D eigenvalue weighted by Crippen LogP contribution is 2.35. The smallest absolute Gasteiger partial charge is 0.369 e. The SMILES string of the molecule is CCc1n[nH]c2c1CN(COC)CC(CC(C)c1n[nH]c3c1CN(CC(F)(F)F)C3)C2. The van der Waals surface area contributed by atoms with Gasteiger partial charge in [-0.1, -0.05) is 13.8 Å². The van der Waals surface area contributed by atoms with Crippen molar-refractivity contribution in [2.45, 2.75) is 64.8 Å². The van der Waals surface area contributed by atoms with Crippen LogP contribution in [-0.4, -0.2) is 63.3 Å². The largest absolute Gasteiger partial charge is 0.401 e. The van der Waals surface area contributed by atoms with E-state index in [0.717, 1.165) is 55.0 Å². The Morgan fingerprint density at radius 3 is 2.55 bits per heavy atom. The number of aromatic nitrogens is 4. The van der Waals surface area contributed by atoms with Crippen molar-refractivity contribution in [3.05, 3.63) is 33.9 Å². The average Bonchev–Trinajstić information content (AvgIpc) is 3.32. The van der Waals surface area contributed by atoms with E-state index in [2.05, 4.69) is 39.1 Å². The van der Waals surface area contributed by atoms with E-state index >= 15 is 0 Å². The lowest BCUT2D eigenvalue weighted by Gasteiger charge is -2.25. The zero-order chi connectivity index (χ0) is 22.2. The van der Waals surface area contributed by atoms with Crippen LogP contribution in [0.4, 0.5) is 13.2 Å². The molecular formula is C21H31F3N6O. The lowest BCUT2D eigenvalue weighted by atomic mass is 9.88. The Morgan fingerprint density at radius 2 is 1.84 bits per heavy atom. The van der Waals surface area contributed by atoms with Crippen LogP contribution in [0.5, 0.6) is 0 Å². The van der Waals surface area contributed by atoms with Gasteiger partial charge in [0.25, 0.3) is 0 Å².